The fraction of sp³-hybridized carbons (Fsp3) is 0.294. The van der Waals surface area contributed by atoms with Gasteiger partial charge in [-0.25, -0.2) is 4.57 Å². The SMILES string of the molecule is CN(N=Cc1ccc[n+](CCCCS(=O)(=O)O)c1)c1ccc([N+](=O)[O-])cc1. The smallest absolute Gasteiger partial charge is 0.269 e. The lowest BCUT2D eigenvalue weighted by Crippen LogP contribution is -2.33. The van der Waals surface area contributed by atoms with Gasteiger partial charge in [-0.1, -0.05) is 0 Å². The average Bonchev–Trinajstić information content (AvgIpc) is 2.63. The zero-order valence-electron chi connectivity index (χ0n) is 14.8. The van der Waals surface area contributed by atoms with Gasteiger partial charge in [-0.05, 0) is 24.6 Å². The van der Waals surface area contributed by atoms with Crippen molar-refractivity contribution in [3.63, 3.8) is 0 Å². The summed E-state index contributed by atoms with van der Waals surface area (Å²) in [6.07, 6.45) is 6.41. The first-order chi connectivity index (χ1) is 12.7. The number of aryl methyl sites for hydroxylation is 1. The van der Waals surface area contributed by atoms with Gasteiger partial charge in [0.05, 0.1) is 28.1 Å². The van der Waals surface area contributed by atoms with Crippen LogP contribution in [0.3, 0.4) is 0 Å². The number of rotatable bonds is 9. The van der Waals surface area contributed by atoms with Gasteiger partial charge in [0, 0.05) is 31.7 Å². The summed E-state index contributed by atoms with van der Waals surface area (Å²) in [6, 6.07) is 9.82. The predicted octanol–water partition coefficient (Wildman–Crippen LogP) is 2.02. The van der Waals surface area contributed by atoms with E-state index in [0.717, 1.165) is 5.56 Å². The molecular weight excluding hydrogens is 372 g/mol. The Labute approximate surface area is 157 Å². The van der Waals surface area contributed by atoms with E-state index in [-0.39, 0.29) is 11.4 Å². The molecule has 0 unspecified atom stereocenters. The molecule has 0 fully saturated rings. The predicted molar refractivity (Wildman–Crippen MR) is 101 cm³/mol. The fourth-order valence-corrected chi connectivity index (χ4v) is 2.92. The Balaban J connectivity index is 1.95. The molecule has 144 valence electrons. The van der Waals surface area contributed by atoms with Crippen LogP contribution >= 0.6 is 0 Å². The van der Waals surface area contributed by atoms with Crippen LogP contribution in [0.2, 0.25) is 0 Å². The molecule has 10 heteroatoms. The Hall–Kier alpha value is -2.85. The van der Waals surface area contributed by atoms with Crippen LogP contribution < -0.4 is 9.58 Å². The minimum absolute atomic E-state index is 0.0224. The molecule has 0 aliphatic carbocycles. The maximum absolute atomic E-state index is 10.7. The van der Waals surface area contributed by atoms with Gasteiger partial charge >= 0.3 is 0 Å². The molecule has 1 aromatic carbocycles. The zero-order chi connectivity index (χ0) is 19.9. The lowest BCUT2D eigenvalue weighted by molar-refractivity contribution is -0.697. The molecule has 1 aromatic heterocycles. The first kappa shape index (κ1) is 20.5. The number of hydrogen-bond acceptors (Lipinski definition) is 6. The molecule has 9 nitrogen and oxygen atoms in total. The number of non-ortho nitro benzene ring substituents is 1. The molecule has 2 aromatic rings. The Morgan fingerprint density at radius 1 is 1.26 bits per heavy atom. The number of hydrogen-bond donors (Lipinski definition) is 1. The van der Waals surface area contributed by atoms with Crippen molar-refractivity contribution < 1.29 is 22.5 Å². The maximum Gasteiger partial charge on any atom is 0.269 e. The first-order valence-electron chi connectivity index (χ1n) is 8.21. The van der Waals surface area contributed by atoms with E-state index in [4.69, 9.17) is 4.55 Å². The summed E-state index contributed by atoms with van der Waals surface area (Å²) in [4.78, 5) is 10.2. The van der Waals surface area contributed by atoms with Crippen LogP contribution in [-0.4, -0.2) is 36.9 Å². The Bertz CT molecular complexity index is 913. The third kappa shape index (κ3) is 7.12. The normalized spacial score (nSPS) is 11.6. The molecule has 0 aliphatic rings. The highest BCUT2D eigenvalue weighted by molar-refractivity contribution is 7.85. The van der Waals surface area contributed by atoms with E-state index < -0.39 is 15.0 Å². The van der Waals surface area contributed by atoms with Gasteiger partial charge in [-0.15, -0.1) is 0 Å². The molecule has 0 saturated carbocycles. The number of anilines is 1. The van der Waals surface area contributed by atoms with E-state index >= 15 is 0 Å². The molecule has 0 radical (unpaired) electrons. The van der Waals surface area contributed by atoms with E-state index in [1.807, 2.05) is 29.1 Å². The molecule has 0 spiro atoms. The zero-order valence-corrected chi connectivity index (χ0v) is 15.6. The van der Waals surface area contributed by atoms with E-state index in [9.17, 15) is 18.5 Å². The van der Waals surface area contributed by atoms with Crippen molar-refractivity contribution in [2.75, 3.05) is 17.8 Å². The van der Waals surface area contributed by atoms with Crippen LogP contribution in [0.4, 0.5) is 11.4 Å². The van der Waals surface area contributed by atoms with Crippen molar-refractivity contribution in [2.24, 2.45) is 5.10 Å². The van der Waals surface area contributed by atoms with Crippen molar-refractivity contribution >= 4 is 27.7 Å². The maximum atomic E-state index is 10.7. The second-order valence-electron chi connectivity index (χ2n) is 5.91. The summed E-state index contributed by atoms with van der Waals surface area (Å²) in [5.41, 5.74) is 1.58. The summed E-state index contributed by atoms with van der Waals surface area (Å²) in [7, 11) is -2.17. The van der Waals surface area contributed by atoms with Crippen LogP contribution in [0.25, 0.3) is 0 Å². The number of benzene rings is 1. The Morgan fingerprint density at radius 3 is 2.59 bits per heavy atom. The van der Waals surface area contributed by atoms with Crippen molar-refractivity contribution in [2.45, 2.75) is 19.4 Å². The molecule has 0 amide bonds. The van der Waals surface area contributed by atoms with Crippen LogP contribution in [-0.2, 0) is 16.7 Å². The molecule has 0 atom stereocenters. The molecule has 0 aliphatic heterocycles. The standard InChI is InChI=1S/C17H20N4O5S/c1-19(16-6-8-17(9-7-16)21(22)23)18-13-15-5-4-11-20(14-15)10-2-3-12-27(24,25)26/h4-9,11,13-14H,2-3,10,12H2,1H3/p+1. The summed E-state index contributed by atoms with van der Waals surface area (Å²) in [6.45, 7) is 0.620. The Kier molecular flexibility index (Phi) is 6.97. The largest absolute Gasteiger partial charge is 0.286 e. The Morgan fingerprint density at radius 2 is 1.96 bits per heavy atom. The first-order valence-corrected chi connectivity index (χ1v) is 9.82. The van der Waals surface area contributed by atoms with Gasteiger partial charge < -0.3 is 0 Å². The van der Waals surface area contributed by atoms with Gasteiger partial charge in [-0.2, -0.15) is 13.5 Å². The van der Waals surface area contributed by atoms with E-state index in [0.29, 0.717) is 25.1 Å². The van der Waals surface area contributed by atoms with Gasteiger partial charge in [0.15, 0.2) is 12.4 Å². The molecular formula is C17H21N4O5S+. The quantitative estimate of drug-likeness (QED) is 0.174. The molecule has 1 heterocycles. The monoisotopic (exact) mass is 393 g/mol. The van der Waals surface area contributed by atoms with Gasteiger partial charge in [-0.3, -0.25) is 19.7 Å². The van der Waals surface area contributed by atoms with Crippen LogP contribution in [0.15, 0.2) is 53.9 Å². The van der Waals surface area contributed by atoms with Gasteiger partial charge in [0.2, 0.25) is 0 Å². The average molecular weight is 393 g/mol. The minimum atomic E-state index is -3.91. The number of nitro benzene ring substituents is 1. The number of hydrazone groups is 1. The molecule has 2 rings (SSSR count). The van der Waals surface area contributed by atoms with Crippen molar-refractivity contribution in [3.05, 3.63) is 64.5 Å². The van der Waals surface area contributed by atoms with E-state index in [1.54, 1.807) is 30.4 Å². The van der Waals surface area contributed by atoms with Gasteiger partial charge in [0.25, 0.3) is 15.8 Å². The number of unbranched alkanes of at least 4 members (excludes halogenated alkanes) is 1. The lowest BCUT2D eigenvalue weighted by Gasteiger charge is -2.12. The fourth-order valence-electron chi connectivity index (χ4n) is 2.35. The molecule has 27 heavy (non-hydrogen) atoms. The van der Waals surface area contributed by atoms with Crippen LogP contribution in [0, 0.1) is 10.1 Å². The van der Waals surface area contributed by atoms with Crippen LogP contribution in [0.5, 0.6) is 0 Å². The summed E-state index contributed by atoms with van der Waals surface area (Å²) >= 11 is 0. The molecule has 1 N–H and O–H groups in total. The third-order valence-corrected chi connectivity index (χ3v) is 4.57. The molecule has 0 saturated heterocycles. The second-order valence-corrected chi connectivity index (χ2v) is 7.48. The van der Waals surface area contributed by atoms with Gasteiger partial charge in [0.1, 0.15) is 6.54 Å². The highest BCUT2D eigenvalue weighted by Gasteiger charge is 2.07. The number of pyridine rings is 1. The summed E-state index contributed by atoms with van der Waals surface area (Å²) in [5.74, 6) is -0.241. The van der Waals surface area contributed by atoms with E-state index in [2.05, 4.69) is 5.10 Å². The second kappa shape index (κ2) is 9.19. The van der Waals surface area contributed by atoms with Crippen molar-refractivity contribution in [1.82, 2.24) is 0 Å². The van der Waals surface area contributed by atoms with E-state index in [1.165, 1.54) is 12.1 Å². The number of aromatic nitrogens is 1. The topological polar surface area (TPSA) is 117 Å². The number of nitro groups is 1. The highest BCUT2D eigenvalue weighted by atomic mass is 32.2. The van der Waals surface area contributed by atoms with Crippen molar-refractivity contribution in [3.8, 4) is 0 Å². The van der Waals surface area contributed by atoms with Crippen molar-refractivity contribution in [1.29, 1.82) is 0 Å². The number of nitrogens with zero attached hydrogens (tertiary/aromatic N) is 4. The molecule has 0 bridgehead atoms. The lowest BCUT2D eigenvalue weighted by atomic mass is 10.3. The summed E-state index contributed by atoms with van der Waals surface area (Å²) in [5, 5.41) is 16.6. The van der Waals surface area contributed by atoms with Crippen LogP contribution in [0.1, 0.15) is 18.4 Å². The minimum Gasteiger partial charge on any atom is -0.286 e. The third-order valence-electron chi connectivity index (χ3n) is 3.76. The summed E-state index contributed by atoms with van der Waals surface area (Å²) < 4.78 is 32.1. The highest BCUT2D eigenvalue weighted by Crippen LogP contribution is 2.18.